The SMILES string of the molecule is O=C1CN(CCO)C(Cl)CN1. The van der Waals surface area contributed by atoms with Crippen LogP contribution in [-0.4, -0.2) is 47.7 Å². The molecule has 1 atom stereocenters. The zero-order valence-electron chi connectivity index (χ0n) is 6.09. The highest BCUT2D eigenvalue weighted by Crippen LogP contribution is 2.06. The Labute approximate surface area is 70.1 Å². The number of aliphatic hydroxyl groups excluding tert-OH is 1. The second-order valence-electron chi connectivity index (χ2n) is 2.43. The molecule has 64 valence electrons. The first-order chi connectivity index (χ1) is 5.24. The van der Waals surface area contributed by atoms with Crippen molar-refractivity contribution in [2.75, 3.05) is 26.2 Å². The van der Waals surface area contributed by atoms with E-state index in [4.69, 9.17) is 16.7 Å². The first-order valence-corrected chi connectivity index (χ1v) is 3.93. The van der Waals surface area contributed by atoms with Gasteiger partial charge in [0.1, 0.15) is 5.50 Å². The molecule has 1 aliphatic rings. The number of alkyl halides is 1. The van der Waals surface area contributed by atoms with Gasteiger partial charge in [0, 0.05) is 13.1 Å². The van der Waals surface area contributed by atoms with Crippen molar-refractivity contribution in [3.8, 4) is 0 Å². The van der Waals surface area contributed by atoms with Gasteiger partial charge in [-0.25, -0.2) is 0 Å². The van der Waals surface area contributed by atoms with E-state index < -0.39 is 0 Å². The highest BCUT2D eigenvalue weighted by atomic mass is 35.5. The standard InChI is InChI=1S/C6H11ClN2O2/c7-5-3-8-6(11)4-9(5)1-2-10/h5,10H,1-4H2,(H,8,11). The number of piperazine rings is 1. The number of nitrogens with zero attached hydrogens (tertiary/aromatic N) is 1. The van der Waals surface area contributed by atoms with Gasteiger partial charge in [0.2, 0.25) is 5.91 Å². The van der Waals surface area contributed by atoms with E-state index in [2.05, 4.69) is 5.32 Å². The molecule has 1 amide bonds. The fourth-order valence-electron chi connectivity index (χ4n) is 1.01. The van der Waals surface area contributed by atoms with Crippen LogP contribution in [0.3, 0.4) is 0 Å². The molecular formula is C6H11ClN2O2. The second-order valence-corrected chi connectivity index (χ2v) is 2.94. The Kier molecular flexibility index (Phi) is 3.11. The van der Waals surface area contributed by atoms with E-state index in [-0.39, 0.29) is 24.6 Å². The molecule has 0 aromatic rings. The molecule has 2 N–H and O–H groups in total. The lowest BCUT2D eigenvalue weighted by molar-refractivity contribution is -0.124. The van der Waals surface area contributed by atoms with Gasteiger partial charge in [0.15, 0.2) is 0 Å². The van der Waals surface area contributed by atoms with Crippen molar-refractivity contribution in [1.29, 1.82) is 0 Å². The van der Waals surface area contributed by atoms with Gasteiger partial charge in [0.05, 0.1) is 13.2 Å². The van der Waals surface area contributed by atoms with Crippen molar-refractivity contribution in [3.05, 3.63) is 0 Å². The fourth-order valence-corrected chi connectivity index (χ4v) is 1.26. The maximum absolute atomic E-state index is 10.8. The Morgan fingerprint density at radius 3 is 3.18 bits per heavy atom. The highest BCUT2D eigenvalue weighted by Gasteiger charge is 2.23. The summed E-state index contributed by atoms with van der Waals surface area (Å²) in [4.78, 5) is 12.5. The molecule has 0 aromatic carbocycles. The van der Waals surface area contributed by atoms with E-state index in [9.17, 15) is 4.79 Å². The summed E-state index contributed by atoms with van der Waals surface area (Å²) in [5.41, 5.74) is -0.181. The number of halogens is 1. The molecule has 0 spiro atoms. The smallest absolute Gasteiger partial charge is 0.234 e. The van der Waals surface area contributed by atoms with Gasteiger partial charge in [-0.3, -0.25) is 9.69 Å². The molecule has 1 rings (SSSR count). The number of hydrogen-bond acceptors (Lipinski definition) is 3. The number of carbonyl (C=O) groups is 1. The Morgan fingerprint density at radius 2 is 2.55 bits per heavy atom. The summed E-state index contributed by atoms with van der Waals surface area (Å²) >= 11 is 5.83. The van der Waals surface area contributed by atoms with Crippen LogP contribution in [0.2, 0.25) is 0 Å². The number of carbonyl (C=O) groups excluding carboxylic acids is 1. The van der Waals surface area contributed by atoms with Crippen LogP contribution < -0.4 is 5.32 Å². The van der Waals surface area contributed by atoms with Crippen LogP contribution in [0.4, 0.5) is 0 Å². The molecule has 0 radical (unpaired) electrons. The molecule has 0 aliphatic carbocycles. The largest absolute Gasteiger partial charge is 0.395 e. The van der Waals surface area contributed by atoms with Crippen molar-refractivity contribution < 1.29 is 9.90 Å². The highest BCUT2D eigenvalue weighted by molar-refractivity contribution is 6.21. The van der Waals surface area contributed by atoms with Crippen molar-refractivity contribution in [2.24, 2.45) is 0 Å². The molecule has 1 unspecified atom stereocenters. The quantitative estimate of drug-likeness (QED) is 0.420. The lowest BCUT2D eigenvalue weighted by atomic mass is 10.3. The Bertz CT molecular complexity index is 154. The van der Waals surface area contributed by atoms with Crippen LogP contribution >= 0.6 is 11.6 Å². The molecule has 4 nitrogen and oxygen atoms in total. The van der Waals surface area contributed by atoms with Crippen LogP contribution in [0.15, 0.2) is 0 Å². The van der Waals surface area contributed by atoms with Crippen LogP contribution in [0.25, 0.3) is 0 Å². The molecular weight excluding hydrogens is 168 g/mol. The van der Waals surface area contributed by atoms with Gasteiger partial charge in [-0.15, -0.1) is 11.6 Å². The lowest BCUT2D eigenvalue weighted by Crippen LogP contribution is -2.52. The summed E-state index contributed by atoms with van der Waals surface area (Å²) in [7, 11) is 0. The van der Waals surface area contributed by atoms with Gasteiger partial charge in [0.25, 0.3) is 0 Å². The number of amides is 1. The van der Waals surface area contributed by atoms with E-state index in [0.29, 0.717) is 13.1 Å². The number of rotatable bonds is 2. The van der Waals surface area contributed by atoms with Gasteiger partial charge >= 0.3 is 0 Å². The van der Waals surface area contributed by atoms with Crippen LogP contribution in [0.5, 0.6) is 0 Å². The summed E-state index contributed by atoms with van der Waals surface area (Å²) in [5, 5.41) is 11.2. The first kappa shape index (κ1) is 8.77. The summed E-state index contributed by atoms with van der Waals surface area (Å²) in [5.74, 6) is -0.0321. The predicted octanol–water partition coefficient (Wildman–Crippen LogP) is -1.02. The number of β-amino-alcohol motifs (C(OH)–C–C–N with tert-alkyl or cyclic N) is 1. The summed E-state index contributed by atoms with van der Waals surface area (Å²) in [6, 6.07) is 0. The zero-order valence-corrected chi connectivity index (χ0v) is 6.84. The molecule has 1 saturated heterocycles. The van der Waals surface area contributed by atoms with Crippen molar-refractivity contribution in [2.45, 2.75) is 5.50 Å². The first-order valence-electron chi connectivity index (χ1n) is 3.49. The molecule has 0 bridgehead atoms. The van der Waals surface area contributed by atoms with E-state index >= 15 is 0 Å². The minimum absolute atomic E-state index is 0.0321. The molecule has 1 heterocycles. The minimum Gasteiger partial charge on any atom is -0.395 e. The topological polar surface area (TPSA) is 52.6 Å². The van der Waals surface area contributed by atoms with Gasteiger partial charge in [-0.2, -0.15) is 0 Å². The van der Waals surface area contributed by atoms with Crippen molar-refractivity contribution >= 4 is 17.5 Å². The average molecular weight is 179 g/mol. The van der Waals surface area contributed by atoms with Crippen LogP contribution in [0, 0.1) is 0 Å². The zero-order chi connectivity index (χ0) is 8.27. The lowest BCUT2D eigenvalue weighted by Gasteiger charge is -2.30. The van der Waals surface area contributed by atoms with E-state index in [1.165, 1.54) is 0 Å². The maximum Gasteiger partial charge on any atom is 0.234 e. The normalized spacial score (nSPS) is 26.7. The van der Waals surface area contributed by atoms with Crippen molar-refractivity contribution in [1.82, 2.24) is 10.2 Å². The maximum atomic E-state index is 10.8. The van der Waals surface area contributed by atoms with Crippen molar-refractivity contribution in [3.63, 3.8) is 0 Å². The third-order valence-electron chi connectivity index (χ3n) is 1.60. The van der Waals surface area contributed by atoms with E-state index in [1.54, 1.807) is 4.90 Å². The average Bonchev–Trinajstić information content (AvgIpc) is 1.98. The summed E-state index contributed by atoms with van der Waals surface area (Å²) in [6.45, 7) is 1.24. The monoisotopic (exact) mass is 178 g/mol. The van der Waals surface area contributed by atoms with Crippen LogP contribution in [-0.2, 0) is 4.79 Å². The Hall–Kier alpha value is -0.320. The molecule has 11 heavy (non-hydrogen) atoms. The Balaban J connectivity index is 2.40. The molecule has 1 fully saturated rings. The fraction of sp³-hybridized carbons (Fsp3) is 0.833. The van der Waals surface area contributed by atoms with E-state index in [1.807, 2.05) is 0 Å². The third-order valence-corrected chi connectivity index (χ3v) is 2.03. The number of nitrogens with one attached hydrogen (secondary N) is 1. The predicted molar refractivity (Wildman–Crippen MR) is 41.3 cm³/mol. The Morgan fingerprint density at radius 1 is 1.82 bits per heavy atom. The van der Waals surface area contributed by atoms with Crippen LogP contribution in [0.1, 0.15) is 0 Å². The minimum atomic E-state index is -0.181. The van der Waals surface area contributed by atoms with Gasteiger partial charge in [-0.05, 0) is 0 Å². The summed E-state index contributed by atoms with van der Waals surface area (Å²) in [6.07, 6.45) is 0. The van der Waals surface area contributed by atoms with Gasteiger partial charge in [-0.1, -0.05) is 0 Å². The molecule has 0 saturated carbocycles. The van der Waals surface area contributed by atoms with Gasteiger partial charge < -0.3 is 10.4 Å². The number of aliphatic hydroxyl groups is 1. The summed E-state index contributed by atoms with van der Waals surface area (Å²) < 4.78 is 0. The molecule has 0 aromatic heterocycles. The second kappa shape index (κ2) is 3.90. The number of hydrogen-bond donors (Lipinski definition) is 2. The van der Waals surface area contributed by atoms with E-state index in [0.717, 1.165) is 0 Å². The third kappa shape index (κ3) is 2.32. The molecule has 1 aliphatic heterocycles. The molecule has 5 heteroatoms.